The summed E-state index contributed by atoms with van der Waals surface area (Å²) < 4.78 is 6.82. The van der Waals surface area contributed by atoms with Crippen LogP contribution in [0.15, 0.2) is 22.7 Å². The summed E-state index contributed by atoms with van der Waals surface area (Å²) in [5.41, 5.74) is 1.36. The monoisotopic (exact) mass is 281 g/mol. The number of ether oxygens (including phenoxy) is 1. The second kappa shape index (κ2) is 4.38. The molecule has 1 aromatic rings. The largest absolute Gasteiger partial charge is 0.492 e. The van der Waals surface area contributed by atoms with Crippen molar-refractivity contribution in [3.8, 4) is 5.75 Å². The van der Waals surface area contributed by atoms with Crippen LogP contribution < -0.4 is 10.1 Å². The number of hydrogen-bond acceptors (Lipinski definition) is 2. The van der Waals surface area contributed by atoms with Gasteiger partial charge >= 0.3 is 0 Å². The van der Waals surface area contributed by atoms with Crippen LogP contribution in [0, 0.1) is 0 Å². The molecule has 1 saturated carbocycles. The van der Waals surface area contributed by atoms with E-state index in [9.17, 15) is 0 Å². The molecule has 1 fully saturated rings. The van der Waals surface area contributed by atoms with Crippen molar-refractivity contribution in [2.24, 2.45) is 0 Å². The molecule has 0 bridgehead atoms. The van der Waals surface area contributed by atoms with Crippen LogP contribution in [0.3, 0.4) is 0 Å². The molecule has 0 amide bonds. The first-order chi connectivity index (χ1) is 7.84. The fraction of sp³-hybridized carbons (Fsp3) is 0.538. The Morgan fingerprint density at radius 3 is 3.00 bits per heavy atom. The molecule has 2 nitrogen and oxygen atoms in total. The minimum Gasteiger partial charge on any atom is -0.492 e. The Bertz CT molecular complexity index is 390. The molecule has 86 valence electrons. The van der Waals surface area contributed by atoms with Crippen molar-refractivity contribution in [3.63, 3.8) is 0 Å². The molecule has 1 aliphatic carbocycles. The summed E-state index contributed by atoms with van der Waals surface area (Å²) in [4.78, 5) is 0. The molecule has 1 unspecified atom stereocenters. The molecule has 0 spiro atoms. The van der Waals surface area contributed by atoms with Gasteiger partial charge in [0.15, 0.2) is 0 Å². The highest BCUT2D eigenvalue weighted by Crippen LogP contribution is 2.38. The molecule has 3 rings (SSSR count). The Balaban J connectivity index is 1.78. The first-order valence-electron chi connectivity index (χ1n) is 5.99. The second-order valence-electron chi connectivity index (χ2n) is 4.67. The van der Waals surface area contributed by atoms with Gasteiger partial charge in [-0.05, 0) is 46.8 Å². The Labute approximate surface area is 105 Å². The van der Waals surface area contributed by atoms with Gasteiger partial charge in [-0.3, -0.25) is 0 Å². The third kappa shape index (κ3) is 2.11. The zero-order valence-electron chi connectivity index (χ0n) is 9.21. The quantitative estimate of drug-likeness (QED) is 0.920. The SMILES string of the molecule is Brc1cccc2c1OCCC2CNC1CC1. The fourth-order valence-electron chi connectivity index (χ4n) is 2.27. The molecule has 0 saturated heterocycles. The number of hydrogen-bond donors (Lipinski definition) is 1. The third-order valence-corrected chi connectivity index (χ3v) is 4.00. The van der Waals surface area contributed by atoms with Crippen LogP contribution in [-0.4, -0.2) is 19.2 Å². The molecule has 2 aliphatic rings. The van der Waals surface area contributed by atoms with E-state index in [4.69, 9.17) is 4.74 Å². The molecular formula is C13H16BrNO. The standard InChI is InChI=1S/C13H16BrNO/c14-12-3-1-2-11-9(6-7-16-13(11)12)8-15-10-4-5-10/h1-3,9-10,15H,4-8H2. The number of benzene rings is 1. The van der Waals surface area contributed by atoms with Crippen LogP contribution in [0.25, 0.3) is 0 Å². The van der Waals surface area contributed by atoms with Gasteiger partial charge in [0.2, 0.25) is 0 Å². The Hall–Kier alpha value is -0.540. The predicted molar refractivity (Wildman–Crippen MR) is 68.0 cm³/mol. The Kier molecular flexibility index (Phi) is 2.90. The van der Waals surface area contributed by atoms with Crippen LogP contribution in [0.1, 0.15) is 30.7 Å². The number of fused-ring (bicyclic) bond motifs is 1. The van der Waals surface area contributed by atoms with E-state index in [1.54, 1.807) is 0 Å². The number of nitrogens with one attached hydrogen (secondary N) is 1. The molecule has 1 atom stereocenters. The summed E-state index contributed by atoms with van der Waals surface area (Å²) in [6.45, 7) is 1.93. The van der Waals surface area contributed by atoms with Crippen LogP contribution in [0.5, 0.6) is 5.75 Å². The van der Waals surface area contributed by atoms with Crippen LogP contribution in [0.4, 0.5) is 0 Å². The molecule has 16 heavy (non-hydrogen) atoms. The third-order valence-electron chi connectivity index (χ3n) is 3.38. The molecular weight excluding hydrogens is 266 g/mol. The smallest absolute Gasteiger partial charge is 0.136 e. The number of rotatable bonds is 3. The van der Waals surface area contributed by atoms with Crippen molar-refractivity contribution in [2.75, 3.05) is 13.2 Å². The molecule has 0 radical (unpaired) electrons. The second-order valence-corrected chi connectivity index (χ2v) is 5.53. The summed E-state index contributed by atoms with van der Waals surface area (Å²) in [7, 11) is 0. The molecule has 3 heteroatoms. The zero-order valence-corrected chi connectivity index (χ0v) is 10.8. The van der Waals surface area contributed by atoms with Crippen molar-refractivity contribution >= 4 is 15.9 Å². The van der Waals surface area contributed by atoms with E-state index in [0.29, 0.717) is 5.92 Å². The summed E-state index contributed by atoms with van der Waals surface area (Å²) in [6, 6.07) is 7.13. The normalized spacial score (nSPS) is 23.7. The number of halogens is 1. The maximum absolute atomic E-state index is 5.73. The van der Waals surface area contributed by atoms with Gasteiger partial charge in [0.25, 0.3) is 0 Å². The topological polar surface area (TPSA) is 21.3 Å². The summed E-state index contributed by atoms with van der Waals surface area (Å²) in [5.74, 6) is 1.66. The summed E-state index contributed by atoms with van der Waals surface area (Å²) in [6.07, 6.45) is 3.84. The van der Waals surface area contributed by atoms with Gasteiger partial charge < -0.3 is 10.1 Å². The van der Waals surface area contributed by atoms with Crippen molar-refractivity contribution < 1.29 is 4.74 Å². The molecule has 1 aromatic carbocycles. The molecule has 1 heterocycles. The lowest BCUT2D eigenvalue weighted by Gasteiger charge is -2.27. The van der Waals surface area contributed by atoms with E-state index < -0.39 is 0 Å². The van der Waals surface area contributed by atoms with E-state index in [1.807, 2.05) is 0 Å². The summed E-state index contributed by atoms with van der Waals surface area (Å²) >= 11 is 3.56. The van der Waals surface area contributed by atoms with Crippen LogP contribution >= 0.6 is 15.9 Å². The zero-order chi connectivity index (χ0) is 11.0. The molecule has 1 N–H and O–H groups in total. The van der Waals surface area contributed by atoms with Gasteiger partial charge in [0.1, 0.15) is 5.75 Å². The van der Waals surface area contributed by atoms with Gasteiger partial charge in [-0.15, -0.1) is 0 Å². The first kappa shape index (κ1) is 10.6. The Morgan fingerprint density at radius 2 is 2.19 bits per heavy atom. The lowest BCUT2D eigenvalue weighted by atomic mass is 9.93. The van der Waals surface area contributed by atoms with Crippen molar-refractivity contribution in [2.45, 2.75) is 31.2 Å². The Morgan fingerprint density at radius 1 is 1.31 bits per heavy atom. The highest BCUT2D eigenvalue weighted by Gasteiger charge is 2.26. The van der Waals surface area contributed by atoms with E-state index in [1.165, 1.54) is 18.4 Å². The van der Waals surface area contributed by atoms with Gasteiger partial charge in [0.05, 0.1) is 11.1 Å². The van der Waals surface area contributed by atoms with Crippen molar-refractivity contribution in [3.05, 3.63) is 28.2 Å². The minimum absolute atomic E-state index is 0.613. The van der Waals surface area contributed by atoms with Gasteiger partial charge in [-0.25, -0.2) is 0 Å². The van der Waals surface area contributed by atoms with E-state index in [-0.39, 0.29) is 0 Å². The highest BCUT2D eigenvalue weighted by atomic mass is 79.9. The lowest BCUT2D eigenvalue weighted by molar-refractivity contribution is 0.262. The van der Waals surface area contributed by atoms with Crippen LogP contribution in [0.2, 0.25) is 0 Å². The van der Waals surface area contributed by atoms with Gasteiger partial charge in [-0.2, -0.15) is 0 Å². The van der Waals surface area contributed by atoms with Gasteiger partial charge in [0, 0.05) is 18.5 Å². The first-order valence-corrected chi connectivity index (χ1v) is 6.78. The molecule has 1 aliphatic heterocycles. The van der Waals surface area contributed by atoms with Crippen molar-refractivity contribution in [1.29, 1.82) is 0 Å². The highest BCUT2D eigenvalue weighted by molar-refractivity contribution is 9.10. The van der Waals surface area contributed by atoms with E-state index >= 15 is 0 Å². The molecule has 0 aromatic heterocycles. The average molecular weight is 282 g/mol. The van der Waals surface area contributed by atoms with Gasteiger partial charge in [-0.1, -0.05) is 12.1 Å². The number of para-hydroxylation sites is 1. The minimum atomic E-state index is 0.613. The average Bonchev–Trinajstić information content (AvgIpc) is 3.11. The van der Waals surface area contributed by atoms with E-state index in [2.05, 4.69) is 39.4 Å². The van der Waals surface area contributed by atoms with Crippen LogP contribution in [-0.2, 0) is 0 Å². The maximum atomic E-state index is 5.73. The predicted octanol–water partition coefficient (Wildman–Crippen LogP) is 3.07. The van der Waals surface area contributed by atoms with Crippen molar-refractivity contribution in [1.82, 2.24) is 5.32 Å². The summed E-state index contributed by atoms with van der Waals surface area (Å²) in [5, 5.41) is 3.62. The maximum Gasteiger partial charge on any atom is 0.136 e. The lowest BCUT2D eigenvalue weighted by Crippen LogP contribution is -2.27. The van der Waals surface area contributed by atoms with E-state index in [0.717, 1.165) is 35.8 Å². The fourth-order valence-corrected chi connectivity index (χ4v) is 2.76.